The largest absolute Gasteiger partial charge is 0.494 e. The minimum Gasteiger partial charge on any atom is -0.494 e. The van der Waals surface area contributed by atoms with Crippen molar-refractivity contribution in [3.63, 3.8) is 0 Å². The summed E-state index contributed by atoms with van der Waals surface area (Å²) in [5, 5.41) is 5.87. The fourth-order valence-corrected chi connectivity index (χ4v) is 2.35. The molecule has 2 aromatic rings. The van der Waals surface area contributed by atoms with Crippen molar-refractivity contribution in [2.45, 2.75) is 26.7 Å². The van der Waals surface area contributed by atoms with E-state index < -0.39 is 0 Å². The Balaban J connectivity index is 1.80. The third-order valence-corrected chi connectivity index (χ3v) is 3.82. The Hall–Kier alpha value is -2.66. The maximum absolute atomic E-state index is 11.9. The molecule has 136 valence electrons. The third-order valence-electron chi connectivity index (χ3n) is 3.62. The standard InChI is InChI=1S/C21H24N2O2S/c1-3-4-15-25-19-12-10-18(11-13-19)22-21(26)23-20(24)14-9-17-7-5-16(2)6-8-17/h5-14H,3-4,15H2,1-2H3,(H2,22,23,24,26)/b14-9+. The summed E-state index contributed by atoms with van der Waals surface area (Å²) < 4.78 is 5.61. The van der Waals surface area contributed by atoms with Crippen molar-refractivity contribution in [1.82, 2.24) is 5.32 Å². The Kier molecular flexibility index (Phi) is 7.83. The molecule has 0 fully saturated rings. The highest BCUT2D eigenvalue weighted by Crippen LogP contribution is 2.16. The lowest BCUT2D eigenvalue weighted by atomic mass is 10.1. The minimum atomic E-state index is -0.275. The SMILES string of the molecule is CCCCOc1ccc(NC(=S)NC(=O)/C=C/c2ccc(C)cc2)cc1. The lowest BCUT2D eigenvalue weighted by molar-refractivity contribution is -0.115. The molecule has 26 heavy (non-hydrogen) atoms. The zero-order valence-corrected chi connectivity index (χ0v) is 15.9. The van der Waals surface area contributed by atoms with Crippen LogP contribution in [0.4, 0.5) is 5.69 Å². The summed E-state index contributed by atoms with van der Waals surface area (Å²) in [5.41, 5.74) is 2.93. The van der Waals surface area contributed by atoms with Gasteiger partial charge in [-0.15, -0.1) is 0 Å². The van der Waals surface area contributed by atoms with Gasteiger partial charge < -0.3 is 10.1 Å². The molecule has 0 radical (unpaired) electrons. The van der Waals surface area contributed by atoms with Gasteiger partial charge in [-0.3, -0.25) is 10.1 Å². The number of anilines is 1. The number of hydrogen-bond acceptors (Lipinski definition) is 3. The smallest absolute Gasteiger partial charge is 0.250 e. The molecule has 0 unspecified atom stereocenters. The first-order chi connectivity index (χ1) is 12.6. The summed E-state index contributed by atoms with van der Waals surface area (Å²) in [5.74, 6) is 0.544. The molecule has 1 amide bonds. The van der Waals surface area contributed by atoms with E-state index in [0.717, 1.165) is 29.8 Å². The highest BCUT2D eigenvalue weighted by molar-refractivity contribution is 7.80. The Morgan fingerprint density at radius 3 is 2.46 bits per heavy atom. The van der Waals surface area contributed by atoms with Gasteiger partial charge in [-0.2, -0.15) is 0 Å². The highest BCUT2D eigenvalue weighted by Gasteiger charge is 2.02. The fraction of sp³-hybridized carbons (Fsp3) is 0.238. The summed E-state index contributed by atoms with van der Waals surface area (Å²) in [4.78, 5) is 11.9. The van der Waals surface area contributed by atoms with E-state index in [1.165, 1.54) is 11.6 Å². The molecule has 0 aliphatic heterocycles. The van der Waals surface area contributed by atoms with Crippen LogP contribution in [0.5, 0.6) is 5.75 Å². The van der Waals surface area contributed by atoms with Crippen LogP contribution in [0, 0.1) is 6.92 Å². The topological polar surface area (TPSA) is 50.4 Å². The Morgan fingerprint density at radius 1 is 1.12 bits per heavy atom. The van der Waals surface area contributed by atoms with Crippen molar-refractivity contribution in [3.8, 4) is 5.75 Å². The van der Waals surface area contributed by atoms with Crippen LogP contribution in [-0.2, 0) is 4.79 Å². The van der Waals surface area contributed by atoms with Crippen LogP contribution in [0.15, 0.2) is 54.6 Å². The number of amides is 1. The van der Waals surface area contributed by atoms with Crippen molar-refractivity contribution in [1.29, 1.82) is 0 Å². The van der Waals surface area contributed by atoms with Gasteiger partial charge in [-0.1, -0.05) is 43.2 Å². The van der Waals surface area contributed by atoms with Gasteiger partial charge in [-0.25, -0.2) is 0 Å². The van der Waals surface area contributed by atoms with E-state index in [4.69, 9.17) is 17.0 Å². The van der Waals surface area contributed by atoms with Gasteiger partial charge in [0.1, 0.15) is 5.75 Å². The molecule has 2 N–H and O–H groups in total. The predicted octanol–water partition coefficient (Wildman–Crippen LogP) is 4.70. The normalized spacial score (nSPS) is 10.5. The first-order valence-electron chi connectivity index (χ1n) is 8.66. The second-order valence-corrected chi connectivity index (χ2v) is 6.32. The van der Waals surface area contributed by atoms with Crippen molar-refractivity contribution in [3.05, 3.63) is 65.7 Å². The van der Waals surface area contributed by atoms with Crippen LogP contribution in [-0.4, -0.2) is 17.6 Å². The average molecular weight is 369 g/mol. The number of ether oxygens (including phenoxy) is 1. The minimum absolute atomic E-state index is 0.253. The molecule has 2 aromatic carbocycles. The Labute approximate surface area is 160 Å². The second kappa shape index (κ2) is 10.4. The Morgan fingerprint density at radius 2 is 1.81 bits per heavy atom. The molecule has 0 atom stereocenters. The molecule has 0 bridgehead atoms. The zero-order chi connectivity index (χ0) is 18.8. The van der Waals surface area contributed by atoms with Gasteiger partial charge in [0.2, 0.25) is 5.91 Å². The lowest BCUT2D eigenvalue weighted by Crippen LogP contribution is -2.32. The van der Waals surface area contributed by atoms with E-state index in [0.29, 0.717) is 6.61 Å². The predicted molar refractivity (Wildman–Crippen MR) is 111 cm³/mol. The van der Waals surface area contributed by atoms with Crippen molar-refractivity contribution in [2.75, 3.05) is 11.9 Å². The quantitative estimate of drug-likeness (QED) is 0.422. The molecule has 0 saturated carbocycles. The van der Waals surface area contributed by atoms with Crippen LogP contribution in [0.1, 0.15) is 30.9 Å². The van der Waals surface area contributed by atoms with Crippen LogP contribution < -0.4 is 15.4 Å². The first-order valence-corrected chi connectivity index (χ1v) is 9.07. The molecule has 0 spiro atoms. The third kappa shape index (κ3) is 7.07. The maximum Gasteiger partial charge on any atom is 0.250 e. The molecule has 0 aromatic heterocycles. The summed E-state index contributed by atoms with van der Waals surface area (Å²) in [6.45, 7) is 4.86. The Bertz CT molecular complexity index is 753. The van der Waals surface area contributed by atoms with Gasteiger partial charge >= 0.3 is 0 Å². The monoisotopic (exact) mass is 368 g/mol. The van der Waals surface area contributed by atoms with Gasteiger partial charge in [-0.05, 0) is 61.5 Å². The maximum atomic E-state index is 11.9. The first kappa shape index (κ1) is 19.7. The second-order valence-electron chi connectivity index (χ2n) is 5.91. The van der Waals surface area contributed by atoms with E-state index in [2.05, 4.69) is 17.6 Å². The molecule has 4 nitrogen and oxygen atoms in total. The summed E-state index contributed by atoms with van der Waals surface area (Å²) in [6.07, 6.45) is 5.35. The molecular formula is C21H24N2O2S. The number of unbranched alkanes of at least 4 members (excludes halogenated alkanes) is 1. The molecule has 0 aliphatic carbocycles. The molecule has 0 aliphatic rings. The van der Waals surface area contributed by atoms with Crippen LogP contribution in [0.2, 0.25) is 0 Å². The van der Waals surface area contributed by atoms with E-state index >= 15 is 0 Å². The lowest BCUT2D eigenvalue weighted by Gasteiger charge is -2.09. The van der Waals surface area contributed by atoms with E-state index in [1.54, 1.807) is 6.08 Å². The molecule has 0 saturated heterocycles. The summed E-state index contributed by atoms with van der Waals surface area (Å²) in [6, 6.07) is 15.4. The van der Waals surface area contributed by atoms with Gasteiger partial charge in [0.15, 0.2) is 5.11 Å². The van der Waals surface area contributed by atoms with Gasteiger partial charge in [0.05, 0.1) is 6.61 Å². The van der Waals surface area contributed by atoms with Crippen molar-refractivity contribution >= 4 is 35.0 Å². The van der Waals surface area contributed by atoms with E-state index in [-0.39, 0.29) is 11.0 Å². The van der Waals surface area contributed by atoms with Gasteiger partial charge in [0, 0.05) is 11.8 Å². The zero-order valence-electron chi connectivity index (χ0n) is 15.1. The van der Waals surface area contributed by atoms with Crippen molar-refractivity contribution < 1.29 is 9.53 Å². The number of carbonyl (C=O) groups is 1. The molecule has 0 heterocycles. The average Bonchev–Trinajstić information content (AvgIpc) is 2.63. The molecular weight excluding hydrogens is 344 g/mol. The number of hydrogen-bond donors (Lipinski definition) is 2. The van der Waals surface area contributed by atoms with Crippen molar-refractivity contribution in [2.24, 2.45) is 0 Å². The van der Waals surface area contributed by atoms with Gasteiger partial charge in [0.25, 0.3) is 0 Å². The number of carbonyl (C=O) groups excluding carboxylic acids is 1. The van der Waals surface area contributed by atoms with E-state index in [9.17, 15) is 4.79 Å². The number of nitrogens with one attached hydrogen (secondary N) is 2. The van der Waals surface area contributed by atoms with Crippen LogP contribution in [0.3, 0.4) is 0 Å². The van der Waals surface area contributed by atoms with Crippen LogP contribution >= 0.6 is 12.2 Å². The van der Waals surface area contributed by atoms with Crippen LogP contribution in [0.25, 0.3) is 6.08 Å². The highest BCUT2D eigenvalue weighted by atomic mass is 32.1. The fourth-order valence-electron chi connectivity index (χ4n) is 2.13. The number of thiocarbonyl (C=S) groups is 1. The number of rotatable bonds is 7. The molecule has 2 rings (SSSR count). The molecule has 5 heteroatoms. The number of aryl methyl sites for hydroxylation is 1. The summed E-state index contributed by atoms with van der Waals surface area (Å²) in [7, 11) is 0. The van der Waals surface area contributed by atoms with E-state index in [1.807, 2.05) is 55.5 Å². The number of benzene rings is 2. The summed E-state index contributed by atoms with van der Waals surface area (Å²) >= 11 is 5.17.